The molecule has 1 heterocycles. The molecule has 0 aliphatic carbocycles. The van der Waals surface area contributed by atoms with Crippen molar-refractivity contribution < 1.29 is 0 Å². The molecule has 2 nitrogen and oxygen atoms in total. The average molecular weight is 189 g/mol. The first-order valence-corrected chi connectivity index (χ1v) is 3.59. The van der Waals surface area contributed by atoms with Gasteiger partial charge in [0.1, 0.15) is 5.82 Å². The topological polar surface area (TPSA) is 38.4 Å². The van der Waals surface area contributed by atoms with Gasteiger partial charge >= 0.3 is 0 Å². The van der Waals surface area contributed by atoms with E-state index in [0.29, 0.717) is 5.82 Å². The predicted molar refractivity (Wildman–Crippen MR) is 42.7 cm³/mol. The average Bonchev–Trinajstić information content (AvgIpc) is 1.78. The lowest BCUT2D eigenvalue weighted by Gasteiger charge is -2.17. The maximum Gasteiger partial charge on any atom is 0.118 e. The molecule has 0 amide bonds. The molecule has 0 radical (unpaired) electrons. The van der Waals surface area contributed by atoms with Crippen molar-refractivity contribution >= 4 is 22.1 Å². The van der Waals surface area contributed by atoms with Crippen LogP contribution in [0.4, 0.5) is 0 Å². The highest BCUT2D eigenvalue weighted by Crippen LogP contribution is 2.23. The zero-order chi connectivity index (χ0) is 6.91. The quantitative estimate of drug-likeness (QED) is 0.575. The summed E-state index contributed by atoms with van der Waals surface area (Å²) in [7, 11) is 0. The second-order valence-corrected chi connectivity index (χ2v) is 4.18. The number of nitrogens with two attached hydrogens (primary N) is 1. The summed E-state index contributed by atoms with van der Waals surface area (Å²) >= 11 is 3.47. The second kappa shape index (κ2) is 2.14. The van der Waals surface area contributed by atoms with Crippen LogP contribution in [-0.4, -0.2) is 10.5 Å². The Morgan fingerprint density at radius 2 is 2.56 bits per heavy atom. The van der Waals surface area contributed by atoms with E-state index >= 15 is 0 Å². The molecule has 1 rings (SSSR count). The smallest absolute Gasteiger partial charge is 0.118 e. The van der Waals surface area contributed by atoms with Gasteiger partial charge in [-0.05, 0) is 19.4 Å². The number of hydrogen-bond acceptors (Lipinski definition) is 2. The molecule has 0 aromatic carbocycles. The Labute approximate surface area is 63.0 Å². The normalized spacial score (nSPS) is 34.2. The molecule has 1 unspecified atom stereocenters. The molecular formula is C6H9BrN2. The molecule has 0 fully saturated rings. The summed E-state index contributed by atoms with van der Waals surface area (Å²) in [5, 5.41) is 0. The number of allylic oxidation sites excluding steroid dienone is 1. The minimum Gasteiger partial charge on any atom is -0.384 e. The molecular weight excluding hydrogens is 180 g/mol. The van der Waals surface area contributed by atoms with Crippen LogP contribution in [0, 0.1) is 0 Å². The lowest BCUT2D eigenvalue weighted by atomic mass is 10.1. The number of alkyl halides is 1. The Hall–Kier alpha value is -0.310. The highest BCUT2D eigenvalue weighted by atomic mass is 79.9. The molecule has 0 saturated carbocycles. The molecule has 3 heteroatoms. The van der Waals surface area contributed by atoms with E-state index in [4.69, 9.17) is 5.73 Å². The van der Waals surface area contributed by atoms with E-state index in [0.717, 1.165) is 6.42 Å². The minimum absolute atomic E-state index is 0.0237. The van der Waals surface area contributed by atoms with Gasteiger partial charge in [-0.1, -0.05) is 15.9 Å². The van der Waals surface area contributed by atoms with E-state index in [1.807, 2.05) is 12.3 Å². The van der Waals surface area contributed by atoms with Gasteiger partial charge in [0, 0.05) is 6.21 Å². The number of nitrogens with zero attached hydrogens (tertiary/aromatic N) is 1. The Balaban J connectivity index is 2.70. The van der Waals surface area contributed by atoms with Crippen molar-refractivity contribution in [2.45, 2.75) is 17.7 Å². The van der Waals surface area contributed by atoms with Crippen LogP contribution in [0.3, 0.4) is 0 Å². The van der Waals surface area contributed by atoms with Gasteiger partial charge in [-0.15, -0.1) is 0 Å². The molecule has 9 heavy (non-hydrogen) atoms. The molecule has 0 aromatic rings. The van der Waals surface area contributed by atoms with Crippen LogP contribution in [-0.2, 0) is 0 Å². The van der Waals surface area contributed by atoms with Gasteiger partial charge in [0.2, 0.25) is 0 Å². The predicted octanol–water partition coefficient (Wildman–Crippen LogP) is 1.41. The van der Waals surface area contributed by atoms with Crippen molar-refractivity contribution in [3.63, 3.8) is 0 Å². The molecule has 0 bridgehead atoms. The molecule has 1 aliphatic heterocycles. The van der Waals surface area contributed by atoms with E-state index in [1.165, 1.54) is 0 Å². The summed E-state index contributed by atoms with van der Waals surface area (Å²) in [6, 6.07) is 0. The molecule has 0 aromatic heterocycles. The Morgan fingerprint density at radius 3 is 2.89 bits per heavy atom. The van der Waals surface area contributed by atoms with E-state index in [1.54, 1.807) is 0 Å². The van der Waals surface area contributed by atoms with Crippen LogP contribution >= 0.6 is 15.9 Å². The Bertz CT molecular complexity index is 170. The Morgan fingerprint density at radius 1 is 1.89 bits per heavy atom. The van der Waals surface area contributed by atoms with Gasteiger partial charge in [0.05, 0.1) is 4.32 Å². The second-order valence-electron chi connectivity index (χ2n) is 2.37. The van der Waals surface area contributed by atoms with E-state index in [9.17, 15) is 0 Å². The van der Waals surface area contributed by atoms with Crippen molar-refractivity contribution in [1.82, 2.24) is 0 Å². The third kappa shape index (κ3) is 1.82. The van der Waals surface area contributed by atoms with Crippen molar-refractivity contribution in [2.24, 2.45) is 10.7 Å². The van der Waals surface area contributed by atoms with Crippen molar-refractivity contribution in [2.75, 3.05) is 0 Å². The number of hydrogen-bond donors (Lipinski definition) is 1. The molecule has 0 spiro atoms. The highest BCUT2D eigenvalue weighted by Gasteiger charge is 2.18. The van der Waals surface area contributed by atoms with Crippen LogP contribution in [0.1, 0.15) is 13.3 Å². The molecule has 1 aliphatic rings. The molecule has 0 saturated heterocycles. The first-order valence-electron chi connectivity index (χ1n) is 2.80. The Kier molecular flexibility index (Phi) is 1.62. The van der Waals surface area contributed by atoms with Gasteiger partial charge < -0.3 is 5.73 Å². The van der Waals surface area contributed by atoms with E-state index < -0.39 is 0 Å². The largest absolute Gasteiger partial charge is 0.384 e. The van der Waals surface area contributed by atoms with Gasteiger partial charge in [-0.3, -0.25) is 0 Å². The zero-order valence-corrected chi connectivity index (χ0v) is 6.85. The fourth-order valence-corrected chi connectivity index (χ4v) is 0.883. The van der Waals surface area contributed by atoms with Crippen LogP contribution in [0.5, 0.6) is 0 Å². The number of rotatable bonds is 0. The highest BCUT2D eigenvalue weighted by molar-refractivity contribution is 9.10. The molecule has 1 atom stereocenters. The van der Waals surface area contributed by atoms with Crippen molar-refractivity contribution in [3.05, 3.63) is 11.9 Å². The third-order valence-electron chi connectivity index (χ3n) is 1.19. The first-order chi connectivity index (χ1) is 4.10. The van der Waals surface area contributed by atoms with E-state index in [-0.39, 0.29) is 4.32 Å². The minimum atomic E-state index is 0.0237. The van der Waals surface area contributed by atoms with Crippen LogP contribution in [0.25, 0.3) is 0 Å². The fourth-order valence-electron chi connectivity index (χ4n) is 0.619. The maximum absolute atomic E-state index is 5.40. The van der Waals surface area contributed by atoms with Crippen molar-refractivity contribution in [1.29, 1.82) is 0 Å². The fraction of sp³-hybridized carbons (Fsp3) is 0.500. The SMILES string of the molecule is CC1(Br)C=NC(N)=CC1. The summed E-state index contributed by atoms with van der Waals surface area (Å²) < 4.78 is 0.0237. The lowest BCUT2D eigenvalue weighted by Crippen LogP contribution is -2.20. The summed E-state index contributed by atoms with van der Waals surface area (Å²) in [5.41, 5.74) is 5.40. The lowest BCUT2D eigenvalue weighted by molar-refractivity contribution is 0.853. The van der Waals surface area contributed by atoms with Gasteiger partial charge in [-0.2, -0.15) is 0 Å². The molecule has 2 N–H and O–H groups in total. The number of aliphatic imine (C=N–C) groups is 1. The summed E-state index contributed by atoms with van der Waals surface area (Å²) in [4.78, 5) is 3.95. The first kappa shape index (κ1) is 6.81. The number of halogens is 1. The van der Waals surface area contributed by atoms with Crippen LogP contribution in [0.15, 0.2) is 16.9 Å². The van der Waals surface area contributed by atoms with Gasteiger partial charge in [0.25, 0.3) is 0 Å². The summed E-state index contributed by atoms with van der Waals surface area (Å²) in [5.74, 6) is 0.618. The third-order valence-corrected chi connectivity index (χ3v) is 1.72. The monoisotopic (exact) mass is 188 g/mol. The maximum atomic E-state index is 5.40. The van der Waals surface area contributed by atoms with Gasteiger partial charge in [-0.25, -0.2) is 4.99 Å². The summed E-state index contributed by atoms with van der Waals surface area (Å²) in [6.07, 6.45) is 4.65. The van der Waals surface area contributed by atoms with E-state index in [2.05, 4.69) is 27.8 Å². The van der Waals surface area contributed by atoms with Crippen molar-refractivity contribution in [3.8, 4) is 0 Å². The van der Waals surface area contributed by atoms with Crippen LogP contribution < -0.4 is 5.73 Å². The molecule has 50 valence electrons. The zero-order valence-electron chi connectivity index (χ0n) is 5.26. The van der Waals surface area contributed by atoms with Gasteiger partial charge in [0.15, 0.2) is 0 Å². The standard InChI is InChI=1S/C6H9BrN2/c1-6(7)3-2-5(8)9-4-6/h2,4H,3,8H2,1H3. The van der Waals surface area contributed by atoms with Crippen LogP contribution in [0.2, 0.25) is 0 Å². The summed E-state index contributed by atoms with van der Waals surface area (Å²) in [6.45, 7) is 2.06.